The van der Waals surface area contributed by atoms with Crippen molar-refractivity contribution in [2.24, 2.45) is 0 Å². The largest absolute Gasteiger partial charge is 0.341 e. The number of benzene rings is 1. The van der Waals surface area contributed by atoms with Crippen molar-refractivity contribution in [3.05, 3.63) is 29.8 Å². The summed E-state index contributed by atoms with van der Waals surface area (Å²) in [4.78, 5) is 26.0. The molecule has 2 heterocycles. The highest BCUT2D eigenvalue weighted by Crippen LogP contribution is 2.41. The van der Waals surface area contributed by atoms with E-state index in [0.717, 1.165) is 37.0 Å². The number of amides is 1. The molecule has 1 N–H and O–H groups in total. The van der Waals surface area contributed by atoms with Crippen molar-refractivity contribution in [2.45, 2.75) is 50.2 Å². The molecule has 1 saturated heterocycles. The van der Waals surface area contributed by atoms with Crippen LogP contribution in [0.5, 0.6) is 0 Å². The van der Waals surface area contributed by atoms with Crippen LogP contribution in [-0.2, 0) is 4.79 Å². The molecule has 1 aliphatic heterocycles. The minimum absolute atomic E-state index is 0.0114. The lowest BCUT2D eigenvalue weighted by molar-refractivity contribution is -0.113. The number of nitrogens with one attached hydrogen (secondary N) is 1. The molecule has 2 aliphatic rings. The lowest BCUT2D eigenvalue weighted by Gasteiger charge is -2.27. The molecular weight excluding hydrogens is 374 g/mol. The fraction of sp³-hybridized carbons (Fsp3) is 0.500. The van der Waals surface area contributed by atoms with E-state index in [9.17, 15) is 9.59 Å². The molecule has 0 spiro atoms. The van der Waals surface area contributed by atoms with Gasteiger partial charge in [0.2, 0.25) is 11.9 Å². The van der Waals surface area contributed by atoms with E-state index in [-0.39, 0.29) is 17.4 Å². The van der Waals surface area contributed by atoms with Gasteiger partial charge in [-0.05, 0) is 63.3 Å². The van der Waals surface area contributed by atoms with Crippen LogP contribution < -0.4 is 10.2 Å². The maximum atomic E-state index is 12.3. The molecule has 0 unspecified atom stereocenters. The molecule has 1 saturated carbocycles. The Bertz CT molecular complexity index is 854. The van der Waals surface area contributed by atoms with Crippen LogP contribution in [0.25, 0.3) is 0 Å². The van der Waals surface area contributed by atoms with Crippen LogP contribution in [0.15, 0.2) is 29.4 Å². The average Bonchev–Trinajstić information content (AvgIpc) is 3.46. The first-order valence-corrected chi connectivity index (χ1v) is 10.8. The highest BCUT2D eigenvalue weighted by atomic mass is 32.2. The third-order valence-corrected chi connectivity index (χ3v) is 6.05. The third kappa shape index (κ3) is 4.38. The van der Waals surface area contributed by atoms with E-state index in [2.05, 4.69) is 25.0 Å². The first kappa shape index (κ1) is 19.0. The van der Waals surface area contributed by atoms with Crippen molar-refractivity contribution in [3.63, 3.8) is 0 Å². The summed E-state index contributed by atoms with van der Waals surface area (Å²) >= 11 is 1.43. The van der Waals surface area contributed by atoms with Crippen molar-refractivity contribution < 1.29 is 9.59 Å². The minimum atomic E-state index is -0.0922. The number of hydrogen-bond donors (Lipinski definition) is 1. The highest BCUT2D eigenvalue weighted by molar-refractivity contribution is 7.99. The zero-order valence-corrected chi connectivity index (χ0v) is 16.9. The Kier molecular flexibility index (Phi) is 5.66. The molecule has 7 nitrogen and oxygen atoms in total. The number of Topliss-reactive ketones (excluding diaryl/α,β-unsaturated/α-hetero) is 1. The van der Waals surface area contributed by atoms with Gasteiger partial charge in [0.25, 0.3) is 0 Å². The number of aromatic nitrogens is 3. The number of carbonyl (C=O) groups is 2. The quantitative estimate of drug-likeness (QED) is 0.567. The van der Waals surface area contributed by atoms with E-state index in [1.165, 1.54) is 37.9 Å². The summed E-state index contributed by atoms with van der Waals surface area (Å²) in [6.45, 7) is 3.59. The van der Waals surface area contributed by atoms with Crippen molar-refractivity contribution in [2.75, 3.05) is 29.1 Å². The maximum Gasteiger partial charge on any atom is 0.234 e. The number of anilines is 2. The molecule has 1 aliphatic carbocycles. The number of carbonyl (C=O) groups excluding carboxylic acids is 2. The predicted octanol–water partition coefficient (Wildman–Crippen LogP) is 3.54. The lowest BCUT2D eigenvalue weighted by Crippen LogP contribution is -2.32. The molecule has 2 fully saturated rings. The fourth-order valence-electron chi connectivity index (χ4n) is 3.44. The Morgan fingerprint density at radius 2 is 1.82 bits per heavy atom. The van der Waals surface area contributed by atoms with E-state index in [4.69, 9.17) is 0 Å². The van der Waals surface area contributed by atoms with Gasteiger partial charge >= 0.3 is 0 Å². The molecule has 2 aromatic rings. The maximum absolute atomic E-state index is 12.3. The molecule has 1 amide bonds. The molecule has 0 radical (unpaired) electrons. The normalized spacial score (nSPS) is 16.8. The zero-order chi connectivity index (χ0) is 19.5. The van der Waals surface area contributed by atoms with E-state index in [1.807, 2.05) is 0 Å². The van der Waals surface area contributed by atoms with Gasteiger partial charge in [0.15, 0.2) is 10.9 Å². The van der Waals surface area contributed by atoms with E-state index in [0.29, 0.717) is 17.3 Å². The molecule has 0 bridgehead atoms. The number of nitrogens with zero attached hydrogens (tertiary/aromatic N) is 4. The molecule has 4 rings (SSSR count). The summed E-state index contributed by atoms with van der Waals surface area (Å²) in [7, 11) is 0. The van der Waals surface area contributed by atoms with Crippen LogP contribution in [0, 0.1) is 0 Å². The van der Waals surface area contributed by atoms with Crippen LogP contribution in [0.1, 0.15) is 55.4 Å². The van der Waals surface area contributed by atoms with Crippen molar-refractivity contribution in [3.8, 4) is 0 Å². The number of piperidine rings is 1. The van der Waals surface area contributed by atoms with Gasteiger partial charge in [0, 0.05) is 30.4 Å². The monoisotopic (exact) mass is 399 g/mol. The van der Waals surface area contributed by atoms with Crippen LogP contribution >= 0.6 is 11.8 Å². The average molecular weight is 400 g/mol. The molecule has 8 heteroatoms. The Labute approximate surface area is 168 Å². The molecule has 1 aromatic heterocycles. The summed E-state index contributed by atoms with van der Waals surface area (Å²) < 4.78 is 2.23. The second-order valence-electron chi connectivity index (χ2n) is 7.40. The third-order valence-electron chi connectivity index (χ3n) is 5.11. The molecule has 148 valence electrons. The topological polar surface area (TPSA) is 80.1 Å². The van der Waals surface area contributed by atoms with E-state index >= 15 is 0 Å². The first-order chi connectivity index (χ1) is 13.6. The van der Waals surface area contributed by atoms with Gasteiger partial charge in [0.05, 0.1) is 5.75 Å². The van der Waals surface area contributed by atoms with Gasteiger partial charge < -0.3 is 10.2 Å². The van der Waals surface area contributed by atoms with E-state index < -0.39 is 0 Å². The van der Waals surface area contributed by atoms with Crippen LogP contribution in [0.4, 0.5) is 11.6 Å². The second kappa shape index (κ2) is 8.34. The van der Waals surface area contributed by atoms with Crippen LogP contribution in [0.2, 0.25) is 0 Å². The summed E-state index contributed by atoms with van der Waals surface area (Å²) in [5.74, 6) is 1.16. The number of rotatable bonds is 7. The Morgan fingerprint density at radius 1 is 1.11 bits per heavy atom. The van der Waals surface area contributed by atoms with Gasteiger partial charge in [-0.2, -0.15) is 0 Å². The number of hydrogen-bond acceptors (Lipinski definition) is 6. The zero-order valence-electron chi connectivity index (χ0n) is 16.1. The van der Waals surface area contributed by atoms with E-state index in [1.54, 1.807) is 24.3 Å². The molecule has 0 atom stereocenters. The SMILES string of the molecule is CC(=O)c1ccc(NC(=O)CSc2nnc(N3CCCCC3)n2C2CC2)cc1. The summed E-state index contributed by atoms with van der Waals surface area (Å²) in [5, 5.41) is 12.5. The fourth-order valence-corrected chi connectivity index (χ4v) is 4.25. The van der Waals surface area contributed by atoms with Crippen molar-refractivity contribution in [1.29, 1.82) is 0 Å². The Hall–Kier alpha value is -2.35. The van der Waals surface area contributed by atoms with Gasteiger partial charge in [-0.25, -0.2) is 0 Å². The smallest absolute Gasteiger partial charge is 0.234 e. The second-order valence-corrected chi connectivity index (χ2v) is 8.34. The van der Waals surface area contributed by atoms with Crippen LogP contribution in [-0.4, -0.2) is 45.3 Å². The van der Waals surface area contributed by atoms with Gasteiger partial charge in [0.1, 0.15) is 0 Å². The standard InChI is InChI=1S/C20H25N5O2S/c1-14(26)15-5-7-16(8-6-15)21-18(27)13-28-20-23-22-19(25(20)17-9-10-17)24-11-3-2-4-12-24/h5-8,17H,2-4,9-13H2,1H3,(H,21,27). The Morgan fingerprint density at radius 3 is 2.46 bits per heavy atom. The first-order valence-electron chi connectivity index (χ1n) is 9.85. The number of thioether (sulfide) groups is 1. The van der Waals surface area contributed by atoms with Gasteiger partial charge in [-0.1, -0.05) is 11.8 Å². The molecule has 28 heavy (non-hydrogen) atoms. The molecular formula is C20H25N5O2S. The highest BCUT2D eigenvalue weighted by Gasteiger charge is 2.32. The summed E-state index contributed by atoms with van der Waals surface area (Å²) in [6, 6.07) is 7.41. The van der Waals surface area contributed by atoms with Gasteiger partial charge in [-0.3, -0.25) is 14.2 Å². The number of ketones is 1. The van der Waals surface area contributed by atoms with Crippen molar-refractivity contribution >= 4 is 35.1 Å². The molecule has 1 aromatic carbocycles. The minimum Gasteiger partial charge on any atom is -0.341 e. The Balaban J connectivity index is 1.38. The predicted molar refractivity (Wildman–Crippen MR) is 110 cm³/mol. The summed E-state index contributed by atoms with van der Waals surface area (Å²) in [5.41, 5.74) is 1.32. The summed E-state index contributed by atoms with van der Waals surface area (Å²) in [6.07, 6.45) is 5.99. The van der Waals surface area contributed by atoms with Crippen LogP contribution in [0.3, 0.4) is 0 Å². The lowest BCUT2D eigenvalue weighted by atomic mass is 10.1. The van der Waals surface area contributed by atoms with Gasteiger partial charge in [-0.15, -0.1) is 10.2 Å². The van der Waals surface area contributed by atoms with Crippen molar-refractivity contribution in [1.82, 2.24) is 14.8 Å².